The maximum atomic E-state index is 10.8. The third-order valence-corrected chi connectivity index (χ3v) is 4.00. The maximum absolute atomic E-state index is 10.8. The predicted molar refractivity (Wildman–Crippen MR) is 69.5 cm³/mol. The molecule has 0 bridgehead atoms. The summed E-state index contributed by atoms with van der Waals surface area (Å²) in [4.78, 5) is 14.9. The van der Waals surface area contributed by atoms with Crippen LogP contribution < -0.4 is 5.32 Å². The first-order valence-electron chi connectivity index (χ1n) is 6.55. The molecule has 1 aliphatic rings. The topological polar surface area (TPSA) is 62.2 Å². The number of hydrogen-bond acceptors (Lipinski definition) is 3. The average Bonchev–Trinajstić information content (AvgIpc) is 2.33. The van der Waals surface area contributed by atoms with Crippen LogP contribution in [0.4, 0.5) is 0 Å². The zero-order chi connectivity index (χ0) is 13.0. The summed E-state index contributed by atoms with van der Waals surface area (Å²) in [6, 6.07) is 5.12. The van der Waals surface area contributed by atoms with Gasteiger partial charge in [0.25, 0.3) is 0 Å². The van der Waals surface area contributed by atoms with E-state index in [9.17, 15) is 4.79 Å². The fourth-order valence-electron chi connectivity index (χ4n) is 2.48. The van der Waals surface area contributed by atoms with Crippen molar-refractivity contribution >= 4 is 5.97 Å². The number of hydrogen-bond donors (Lipinski definition) is 2. The van der Waals surface area contributed by atoms with E-state index in [-0.39, 0.29) is 5.69 Å². The van der Waals surface area contributed by atoms with E-state index in [2.05, 4.69) is 17.2 Å². The van der Waals surface area contributed by atoms with Gasteiger partial charge in [0.15, 0.2) is 0 Å². The molecule has 18 heavy (non-hydrogen) atoms. The lowest BCUT2D eigenvalue weighted by Gasteiger charge is -2.41. The highest BCUT2D eigenvalue weighted by atomic mass is 16.4. The Hall–Kier alpha value is -1.42. The fraction of sp³-hybridized carbons (Fsp3) is 0.571. The van der Waals surface area contributed by atoms with Gasteiger partial charge >= 0.3 is 5.97 Å². The van der Waals surface area contributed by atoms with Crippen LogP contribution in [0.1, 0.15) is 48.8 Å². The molecule has 4 nitrogen and oxygen atoms in total. The standard InChI is InChI=1S/C14H20N2O2/c1-2-14(7-4-8-14)10-15-9-11-5-3-6-12(16-11)13(17)18/h3,5-6,15H,2,4,7-10H2,1H3,(H,17,18). The molecule has 2 rings (SSSR count). The summed E-state index contributed by atoms with van der Waals surface area (Å²) < 4.78 is 0. The van der Waals surface area contributed by atoms with Crippen molar-refractivity contribution in [1.82, 2.24) is 10.3 Å². The lowest BCUT2D eigenvalue weighted by molar-refractivity contribution is 0.0690. The molecule has 4 heteroatoms. The molecule has 0 aliphatic heterocycles. The van der Waals surface area contributed by atoms with E-state index in [0.717, 1.165) is 12.2 Å². The highest BCUT2D eigenvalue weighted by Gasteiger charge is 2.34. The molecule has 0 aromatic carbocycles. The van der Waals surface area contributed by atoms with Crippen LogP contribution in [0, 0.1) is 5.41 Å². The minimum Gasteiger partial charge on any atom is -0.477 e. The zero-order valence-corrected chi connectivity index (χ0v) is 10.8. The van der Waals surface area contributed by atoms with Crippen molar-refractivity contribution in [2.45, 2.75) is 39.2 Å². The summed E-state index contributed by atoms with van der Waals surface area (Å²) >= 11 is 0. The minimum absolute atomic E-state index is 0.114. The van der Waals surface area contributed by atoms with Gasteiger partial charge in [-0.15, -0.1) is 0 Å². The first kappa shape index (κ1) is 13.0. The highest BCUT2D eigenvalue weighted by Crippen LogP contribution is 2.43. The van der Waals surface area contributed by atoms with Crippen LogP contribution in [0.15, 0.2) is 18.2 Å². The van der Waals surface area contributed by atoms with Crippen LogP contribution >= 0.6 is 0 Å². The van der Waals surface area contributed by atoms with Crippen molar-refractivity contribution in [3.63, 3.8) is 0 Å². The summed E-state index contributed by atoms with van der Waals surface area (Å²) in [6.07, 6.45) is 5.16. The summed E-state index contributed by atoms with van der Waals surface area (Å²) in [6.45, 7) is 3.88. The molecule has 0 amide bonds. The number of aromatic nitrogens is 1. The second-order valence-corrected chi connectivity index (χ2v) is 5.13. The largest absolute Gasteiger partial charge is 0.477 e. The van der Waals surface area contributed by atoms with Crippen LogP contribution in [0.25, 0.3) is 0 Å². The Morgan fingerprint density at radius 2 is 2.28 bits per heavy atom. The maximum Gasteiger partial charge on any atom is 0.354 e. The number of carboxylic acids is 1. The lowest BCUT2D eigenvalue weighted by Crippen LogP contribution is -2.39. The summed E-state index contributed by atoms with van der Waals surface area (Å²) in [5.74, 6) is -0.971. The smallest absolute Gasteiger partial charge is 0.354 e. The molecule has 0 saturated heterocycles. The monoisotopic (exact) mass is 248 g/mol. The van der Waals surface area contributed by atoms with Gasteiger partial charge in [0, 0.05) is 13.1 Å². The van der Waals surface area contributed by atoms with E-state index in [1.165, 1.54) is 31.7 Å². The molecular weight excluding hydrogens is 228 g/mol. The fourth-order valence-corrected chi connectivity index (χ4v) is 2.48. The van der Waals surface area contributed by atoms with Crippen LogP contribution in [0.2, 0.25) is 0 Å². The van der Waals surface area contributed by atoms with E-state index < -0.39 is 5.97 Å². The number of nitrogens with one attached hydrogen (secondary N) is 1. The number of carboxylic acid groups (broad SMARTS) is 1. The number of nitrogens with zero attached hydrogens (tertiary/aromatic N) is 1. The molecule has 1 aliphatic carbocycles. The Kier molecular flexibility index (Phi) is 3.97. The van der Waals surface area contributed by atoms with Gasteiger partial charge in [-0.25, -0.2) is 9.78 Å². The van der Waals surface area contributed by atoms with Crippen molar-refractivity contribution in [1.29, 1.82) is 0 Å². The van der Waals surface area contributed by atoms with E-state index in [4.69, 9.17) is 5.11 Å². The number of aromatic carboxylic acids is 1. The van der Waals surface area contributed by atoms with E-state index in [1.54, 1.807) is 6.07 Å². The second kappa shape index (κ2) is 5.48. The van der Waals surface area contributed by atoms with E-state index >= 15 is 0 Å². The zero-order valence-electron chi connectivity index (χ0n) is 10.8. The van der Waals surface area contributed by atoms with Gasteiger partial charge in [0.2, 0.25) is 0 Å². The molecule has 1 heterocycles. The molecule has 1 aromatic rings. The van der Waals surface area contributed by atoms with Crippen LogP contribution in [-0.4, -0.2) is 22.6 Å². The van der Waals surface area contributed by atoms with Gasteiger partial charge < -0.3 is 10.4 Å². The molecular formula is C14H20N2O2. The van der Waals surface area contributed by atoms with Crippen molar-refractivity contribution < 1.29 is 9.90 Å². The molecule has 1 fully saturated rings. The minimum atomic E-state index is -0.971. The third kappa shape index (κ3) is 2.88. The van der Waals surface area contributed by atoms with Gasteiger partial charge in [-0.05, 0) is 36.8 Å². The van der Waals surface area contributed by atoms with Crippen LogP contribution in [0.3, 0.4) is 0 Å². The second-order valence-electron chi connectivity index (χ2n) is 5.13. The summed E-state index contributed by atoms with van der Waals surface area (Å²) in [5.41, 5.74) is 1.38. The molecule has 98 valence electrons. The Bertz CT molecular complexity index is 422. The molecule has 0 radical (unpaired) electrons. The predicted octanol–water partition coefficient (Wildman–Crippen LogP) is 2.45. The SMILES string of the molecule is CCC1(CNCc2cccc(C(=O)O)n2)CCC1. The van der Waals surface area contributed by atoms with Crippen molar-refractivity contribution in [2.75, 3.05) is 6.54 Å². The van der Waals surface area contributed by atoms with Crippen molar-refractivity contribution in [3.8, 4) is 0 Å². The van der Waals surface area contributed by atoms with Gasteiger partial charge in [-0.2, -0.15) is 0 Å². The number of carbonyl (C=O) groups is 1. The molecule has 2 N–H and O–H groups in total. The Morgan fingerprint density at radius 3 is 2.83 bits per heavy atom. The summed E-state index contributed by atoms with van der Waals surface area (Å²) in [7, 11) is 0. The Morgan fingerprint density at radius 1 is 1.50 bits per heavy atom. The van der Waals surface area contributed by atoms with Gasteiger partial charge in [0.05, 0.1) is 5.69 Å². The average molecular weight is 248 g/mol. The van der Waals surface area contributed by atoms with Gasteiger partial charge in [0.1, 0.15) is 5.69 Å². The number of pyridine rings is 1. The van der Waals surface area contributed by atoms with Crippen molar-refractivity contribution in [3.05, 3.63) is 29.6 Å². The molecule has 0 atom stereocenters. The van der Waals surface area contributed by atoms with E-state index in [0.29, 0.717) is 12.0 Å². The lowest BCUT2D eigenvalue weighted by atomic mass is 9.67. The van der Waals surface area contributed by atoms with Crippen molar-refractivity contribution in [2.24, 2.45) is 5.41 Å². The van der Waals surface area contributed by atoms with Crippen LogP contribution in [0.5, 0.6) is 0 Å². The van der Waals surface area contributed by atoms with Crippen LogP contribution in [-0.2, 0) is 6.54 Å². The summed E-state index contributed by atoms with van der Waals surface area (Å²) in [5, 5.41) is 12.3. The Balaban J connectivity index is 1.86. The third-order valence-electron chi connectivity index (χ3n) is 4.00. The molecule has 0 spiro atoms. The van der Waals surface area contributed by atoms with Gasteiger partial charge in [-0.3, -0.25) is 0 Å². The first-order valence-corrected chi connectivity index (χ1v) is 6.55. The quantitative estimate of drug-likeness (QED) is 0.811. The number of rotatable bonds is 6. The molecule has 1 saturated carbocycles. The normalized spacial score (nSPS) is 17.2. The molecule has 1 aromatic heterocycles. The Labute approximate surface area is 107 Å². The highest BCUT2D eigenvalue weighted by molar-refractivity contribution is 5.85. The van der Waals surface area contributed by atoms with Gasteiger partial charge in [-0.1, -0.05) is 19.4 Å². The van der Waals surface area contributed by atoms with E-state index in [1.807, 2.05) is 6.07 Å². The molecule has 0 unspecified atom stereocenters. The first-order chi connectivity index (χ1) is 8.65.